The van der Waals surface area contributed by atoms with Crippen LogP contribution >= 0.6 is 0 Å². The van der Waals surface area contributed by atoms with E-state index in [1.54, 1.807) is 0 Å². The standard InChI is InChI=1S/C21H27N3O2/c1-2-4-16(5-3-1)20-18-7-6-15(12-18)13-24(20)14-19-22-21(26-23-19)17-8-10-25-11-9-17/h1-5,15,17-18,20H,6-14H2. The zero-order valence-electron chi connectivity index (χ0n) is 15.2. The molecule has 2 saturated heterocycles. The van der Waals surface area contributed by atoms with Crippen LogP contribution in [0.4, 0.5) is 0 Å². The van der Waals surface area contributed by atoms with E-state index in [4.69, 9.17) is 14.2 Å². The van der Waals surface area contributed by atoms with Gasteiger partial charge in [0.25, 0.3) is 0 Å². The Kier molecular flexibility index (Phi) is 4.51. The Balaban J connectivity index is 1.35. The molecule has 3 unspecified atom stereocenters. The van der Waals surface area contributed by atoms with Gasteiger partial charge in [0.15, 0.2) is 5.82 Å². The molecular weight excluding hydrogens is 326 g/mol. The summed E-state index contributed by atoms with van der Waals surface area (Å²) in [4.78, 5) is 7.35. The fourth-order valence-corrected chi connectivity index (χ4v) is 5.23. The van der Waals surface area contributed by atoms with Crippen molar-refractivity contribution >= 4 is 0 Å². The quantitative estimate of drug-likeness (QED) is 0.833. The summed E-state index contributed by atoms with van der Waals surface area (Å²) < 4.78 is 11.1. The molecule has 3 fully saturated rings. The molecule has 0 N–H and O–H groups in total. The number of ether oxygens (including phenoxy) is 1. The summed E-state index contributed by atoms with van der Waals surface area (Å²) in [7, 11) is 0. The van der Waals surface area contributed by atoms with Crippen LogP contribution in [0.2, 0.25) is 0 Å². The summed E-state index contributed by atoms with van der Waals surface area (Å²) in [6.45, 7) is 3.54. The maximum atomic E-state index is 5.61. The molecule has 26 heavy (non-hydrogen) atoms. The van der Waals surface area contributed by atoms with Crippen molar-refractivity contribution in [2.45, 2.75) is 50.6 Å². The van der Waals surface area contributed by atoms with E-state index in [0.717, 1.165) is 62.7 Å². The molecule has 0 amide bonds. The number of piperidine rings is 1. The minimum Gasteiger partial charge on any atom is -0.381 e. The molecule has 2 aromatic rings. The van der Waals surface area contributed by atoms with E-state index < -0.39 is 0 Å². The highest BCUT2D eigenvalue weighted by molar-refractivity contribution is 5.21. The van der Waals surface area contributed by atoms with E-state index in [0.29, 0.717) is 12.0 Å². The van der Waals surface area contributed by atoms with E-state index in [1.807, 2.05) is 0 Å². The number of nitrogens with zero attached hydrogens (tertiary/aromatic N) is 3. The van der Waals surface area contributed by atoms with Crippen molar-refractivity contribution in [3.8, 4) is 0 Å². The van der Waals surface area contributed by atoms with Crippen LogP contribution in [0.3, 0.4) is 0 Å². The van der Waals surface area contributed by atoms with Gasteiger partial charge in [-0.2, -0.15) is 4.98 Å². The van der Waals surface area contributed by atoms with Crippen LogP contribution in [0.25, 0.3) is 0 Å². The van der Waals surface area contributed by atoms with E-state index >= 15 is 0 Å². The first kappa shape index (κ1) is 16.5. The molecule has 3 aliphatic rings. The Bertz CT molecular complexity index is 726. The zero-order chi connectivity index (χ0) is 17.3. The van der Waals surface area contributed by atoms with Gasteiger partial charge in [0, 0.05) is 31.7 Å². The van der Waals surface area contributed by atoms with Crippen LogP contribution in [0.1, 0.15) is 61.3 Å². The predicted octanol–water partition coefficient (Wildman–Crippen LogP) is 3.94. The second-order valence-corrected chi connectivity index (χ2v) is 8.16. The third-order valence-electron chi connectivity index (χ3n) is 6.45. The van der Waals surface area contributed by atoms with Crippen LogP contribution in [0.15, 0.2) is 34.9 Å². The van der Waals surface area contributed by atoms with Crippen LogP contribution in [-0.4, -0.2) is 34.8 Å². The van der Waals surface area contributed by atoms with Gasteiger partial charge < -0.3 is 9.26 Å². The first-order chi connectivity index (χ1) is 12.9. The highest BCUT2D eigenvalue weighted by Crippen LogP contribution is 2.47. The Morgan fingerprint density at radius 2 is 1.88 bits per heavy atom. The van der Waals surface area contributed by atoms with Crippen LogP contribution < -0.4 is 0 Å². The molecule has 1 aliphatic carbocycles. The summed E-state index contributed by atoms with van der Waals surface area (Å²) in [6.07, 6.45) is 6.06. The molecule has 2 bridgehead atoms. The van der Waals surface area contributed by atoms with Gasteiger partial charge in [-0.3, -0.25) is 4.90 Å². The van der Waals surface area contributed by atoms with Crippen molar-refractivity contribution in [1.29, 1.82) is 0 Å². The van der Waals surface area contributed by atoms with Gasteiger partial charge in [0.2, 0.25) is 5.89 Å². The number of hydrogen-bond acceptors (Lipinski definition) is 5. The van der Waals surface area contributed by atoms with E-state index in [-0.39, 0.29) is 0 Å². The van der Waals surface area contributed by atoms with E-state index in [1.165, 1.54) is 24.8 Å². The fraction of sp³-hybridized carbons (Fsp3) is 0.619. The van der Waals surface area contributed by atoms with Gasteiger partial charge >= 0.3 is 0 Å². The maximum absolute atomic E-state index is 5.61. The summed E-state index contributed by atoms with van der Waals surface area (Å²) in [5, 5.41) is 4.32. The van der Waals surface area contributed by atoms with Crippen LogP contribution in [0, 0.1) is 11.8 Å². The molecule has 1 saturated carbocycles. The lowest BCUT2D eigenvalue weighted by Crippen LogP contribution is -2.39. The largest absolute Gasteiger partial charge is 0.381 e. The van der Waals surface area contributed by atoms with E-state index in [9.17, 15) is 0 Å². The van der Waals surface area contributed by atoms with Crippen molar-refractivity contribution < 1.29 is 9.26 Å². The smallest absolute Gasteiger partial charge is 0.229 e. The monoisotopic (exact) mass is 353 g/mol. The molecule has 5 heteroatoms. The first-order valence-electron chi connectivity index (χ1n) is 10.1. The molecule has 5 rings (SSSR count). The second kappa shape index (κ2) is 7.12. The number of benzene rings is 1. The third kappa shape index (κ3) is 3.19. The lowest BCUT2D eigenvalue weighted by atomic mass is 9.86. The number of aromatic nitrogens is 2. The SMILES string of the molecule is c1ccc(C2C3CCC(C3)CN2Cc2noc(C3CCOCC3)n2)cc1. The highest BCUT2D eigenvalue weighted by atomic mass is 16.5. The zero-order valence-corrected chi connectivity index (χ0v) is 15.2. The van der Waals surface area contributed by atoms with Gasteiger partial charge in [-0.25, -0.2) is 0 Å². The maximum Gasteiger partial charge on any atom is 0.229 e. The normalized spacial score (nSPS) is 29.9. The average Bonchev–Trinajstić information content (AvgIpc) is 3.31. The lowest BCUT2D eigenvalue weighted by Gasteiger charge is -2.40. The predicted molar refractivity (Wildman–Crippen MR) is 97.5 cm³/mol. The summed E-state index contributed by atoms with van der Waals surface area (Å²) in [5.74, 6) is 3.61. The molecule has 5 nitrogen and oxygen atoms in total. The first-order valence-corrected chi connectivity index (χ1v) is 10.1. The summed E-state index contributed by atoms with van der Waals surface area (Å²) >= 11 is 0. The van der Waals surface area contributed by atoms with Crippen LogP contribution in [-0.2, 0) is 11.3 Å². The highest BCUT2D eigenvalue weighted by Gasteiger charge is 2.41. The van der Waals surface area contributed by atoms with Crippen molar-refractivity contribution in [3.63, 3.8) is 0 Å². The Morgan fingerprint density at radius 1 is 1.04 bits per heavy atom. The lowest BCUT2D eigenvalue weighted by molar-refractivity contribution is 0.0777. The van der Waals surface area contributed by atoms with Crippen molar-refractivity contribution in [1.82, 2.24) is 15.0 Å². The average molecular weight is 353 g/mol. The minimum absolute atomic E-state index is 0.368. The Labute approximate surface area is 154 Å². The number of fused-ring (bicyclic) bond motifs is 2. The van der Waals surface area contributed by atoms with Gasteiger partial charge in [-0.1, -0.05) is 35.5 Å². The van der Waals surface area contributed by atoms with Gasteiger partial charge in [0.05, 0.1) is 6.54 Å². The number of rotatable bonds is 4. The third-order valence-corrected chi connectivity index (χ3v) is 6.45. The molecule has 3 atom stereocenters. The fourth-order valence-electron chi connectivity index (χ4n) is 5.23. The Morgan fingerprint density at radius 3 is 2.73 bits per heavy atom. The van der Waals surface area contributed by atoms with Crippen LogP contribution in [0.5, 0.6) is 0 Å². The molecule has 2 aliphatic heterocycles. The Hall–Kier alpha value is -1.72. The second-order valence-electron chi connectivity index (χ2n) is 8.16. The van der Waals surface area contributed by atoms with Crippen molar-refractivity contribution in [2.75, 3.05) is 19.8 Å². The van der Waals surface area contributed by atoms with Gasteiger partial charge in [-0.15, -0.1) is 0 Å². The number of hydrogen-bond donors (Lipinski definition) is 0. The molecule has 3 heterocycles. The molecule has 138 valence electrons. The van der Waals surface area contributed by atoms with E-state index in [2.05, 4.69) is 40.4 Å². The minimum atomic E-state index is 0.368. The summed E-state index contributed by atoms with van der Waals surface area (Å²) in [6, 6.07) is 11.5. The molecule has 1 aromatic carbocycles. The van der Waals surface area contributed by atoms with Gasteiger partial charge in [-0.05, 0) is 49.5 Å². The van der Waals surface area contributed by atoms with Gasteiger partial charge in [0.1, 0.15) is 0 Å². The van der Waals surface area contributed by atoms with Crippen molar-refractivity contribution in [2.24, 2.45) is 11.8 Å². The topological polar surface area (TPSA) is 51.4 Å². The summed E-state index contributed by atoms with van der Waals surface area (Å²) in [5.41, 5.74) is 1.44. The molecule has 0 spiro atoms. The van der Waals surface area contributed by atoms with Crippen molar-refractivity contribution in [3.05, 3.63) is 47.6 Å². The molecule has 0 radical (unpaired) electrons. The number of likely N-dealkylation sites (tertiary alicyclic amines) is 1. The molecule has 1 aromatic heterocycles. The molecular formula is C21H27N3O2.